The molecule has 0 spiro atoms. The molecule has 0 saturated carbocycles. The Kier molecular flexibility index (Phi) is 4.25. The predicted molar refractivity (Wildman–Crippen MR) is 89.7 cm³/mol. The first kappa shape index (κ1) is 16.3. The summed E-state index contributed by atoms with van der Waals surface area (Å²) in [6, 6.07) is 6.87. The van der Waals surface area contributed by atoms with Crippen LogP contribution < -0.4 is 10.7 Å². The van der Waals surface area contributed by atoms with Gasteiger partial charge in [-0.05, 0) is 19.1 Å². The molecule has 0 saturated heterocycles. The van der Waals surface area contributed by atoms with Gasteiger partial charge in [-0.25, -0.2) is 9.78 Å². The molecule has 3 rings (SSSR count). The molecule has 0 aliphatic carbocycles. The number of hydrogen-bond acceptors (Lipinski definition) is 7. The second kappa shape index (κ2) is 6.52. The Labute approximate surface area is 141 Å². The van der Waals surface area contributed by atoms with E-state index in [0.29, 0.717) is 0 Å². The van der Waals surface area contributed by atoms with Crippen molar-refractivity contribution >= 4 is 22.7 Å². The molecular formula is C17H14N2O6. The average Bonchev–Trinajstić information content (AvgIpc) is 2.56. The number of phenolic OH excluding ortho intramolecular Hbond substituents is 1. The first-order valence-corrected chi connectivity index (χ1v) is 7.38. The molecule has 3 N–H and O–H groups in total. The number of carbonyl (C=O) groups is 1. The monoisotopic (exact) mass is 342 g/mol. The Morgan fingerprint density at radius 2 is 2.12 bits per heavy atom. The fraction of sp³-hybridized carbons (Fsp3) is 0.118. The quantitative estimate of drug-likeness (QED) is 0.669. The lowest BCUT2D eigenvalue weighted by Gasteiger charge is -2.10. The van der Waals surface area contributed by atoms with Crippen LogP contribution in [0.3, 0.4) is 0 Å². The number of anilines is 1. The molecule has 0 bridgehead atoms. The number of aromatic nitrogens is 1. The molecule has 0 unspecified atom stereocenters. The second-order valence-electron chi connectivity index (χ2n) is 5.06. The zero-order valence-electron chi connectivity index (χ0n) is 13.1. The molecule has 2 aromatic heterocycles. The number of benzene rings is 1. The van der Waals surface area contributed by atoms with E-state index in [1.54, 1.807) is 6.92 Å². The highest BCUT2D eigenvalue weighted by atomic mass is 16.5. The number of para-hydroxylation sites is 1. The Morgan fingerprint density at radius 1 is 1.32 bits per heavy atom. The summed E-state index contributed by atoms with van der Waals surface area (Å²) in [4.78, 5) is 27.9. The van der Waals surface area contributed by atoms with Gasteiger partial charge in [0.1, 0.15) is 11.4 Å². The van der Waals surface area contributed by atoms with Gasteiger partial charge >= 0.3 is 6.09 Å². The van der Waals surface area contributed by atoms with Crippen LogP contribution in [-0.4, -0.2) is 27.9 Å². The number of rotatable bonds is 3. The Hall–Kier alpha value is -3.55. The third-order valence-electron chi connectivity index (χ3n) is 3.35. The maximum Gasteiger partial charge on any atom is 0.411 e. The maximum atomic E-state index is 12.3. The molecular weight excluding hydrogens is 328 g/mol. The Balaban J connectivity index is 2.16. The molecule has 0 atom stereocenters. The van der Waals surface area contributed by atoms with Crippen molar-refractivity contribution in [2.75, 3.05) is 11.9 Å². The van der Waals surface area contributed by atoms with Crippen molar-refractivity contribution in [1.82, 2.24) is 4.98 Å². The van der Waals surface area contributed by atoms with E-state index >= 15 is 0 Å². The predicted octanol–water partition coefficient (Wildman–Crippen LogP) is 2.83. The van der Waals surface area contributed by atoms with Gasteiger partial charge in [0.05, 0.1) is 23.9 Å². The minimum absolute atomic E-state index is 0.00181. The van der Waals surface area contributed by atoms with Crippen LogP contribution in [0.25, 0.3) is 22.4 Å². The van der Waals surface area contributed by atoms with Gasteiger partial charge in [-0.1, -0.05) is 6.07 Å². The van der Waals surface area contributed by atoms with E-state index in [1.165, 1.54) is 30.3 Å². The maximum absolute atomic E-state index is 12.3. The van der Waals surface area contributed by atoms with Crippen LogP contribution in [0.15, 0.2) is 45.7 Å². The highest BCUT2D eigenvalue weighted by Crippen LogP contribution is 2.32. The number of fused-ring (bicyclic) bond motifs is 1. The van der Waals surface area contributed by atoms with Crippen LogP contribution in [0.1, 0.15) is 6.92 Å². The van der Waals surface area contributed by atoms with E-state index in [-0.39, 0.29) is 51.6 Å². The number of hydrogen-bond donors (Lipinski definition) is 3. The summed E-state index contributed by atoms with van der Waals surface area (Å²) in [5.41, 5.74) is -0.185. The van der Waals surface area contributed by atoms with E-state index < -0.39 is 6.09 Å². The number of carbonyl (C=O) groups excluding carboxylic acids is 1. The van der Waals surface area contributed by atoms with E-state index in [9.17, 15) is 19.8 Å². The van der Waals surface area contributed by atoms with Gasteiger partial charge < -0.3 is 19.4 Å². The Bertz CT molecular complexity index is 1010. The summed E-state index contributed by atoms with van der Waals surface area (Å²) in [6.45, 7) is 1.80. The highest BCUT2D eigenvalue weighted by Gasteiger charge is 2.16. The zero-order chi connectivity index (χ0) is 18.0. The number of amides is 1. The summed E-state index contributed by atoms with van der Waals surface area (Å²) in [5.74, 6) is -0.373. The van der Waals surface area contributed by atoms with Gasteiger partial charge in [0, 0.05) is 12.1 Å². The number of pyridine rings is 1. The largest absolute Gasteiger partial charge is 0.506 e. The number of ether oxygens (including phenoxy) is 1. The third kappa shape index (κ3) is 3.23. The van der Waals surface area contributed by atoms with E-state index in [1.807, 2.05) is 0 Å². The topological polar surface area (TPSA) is 122 Å². The Morgan fingerprint density at radius 3 is 2.88 bits per heavy atom. The van der Waals surface area contributed by atoms with Crippen LogP contribution in [0, 0.1) is 0 Å². The molecule has 0 radical (unpaired) electrons. The molecule has 0 aliphatic heterocycles. The van der Waals surface area contributed by atoms with Gasteiger partial charge in [-0.3, -0.25) is 10.1 Å². The van der Waals surface area contributed by atoms with Crippen molar-refractivity contribution in [1.29, 1.82) is 0 Å². The molecule has 128 valence electrons. The molecule has 0 aliphatic rings. The van der Waals surface area contributed by atoms with E-state index in [2.05, 4.69) is 10.3 Å². The fourth-order valence-corrected chi connectivity index (χ4v) is 2.30. The van der Waals surface area contributed by atoms with Crippen molar-refractivity contribution in [2.24, 2.45) is 0 Å². The van der Waals surface area contributed by atoms with Crippen LogP contribution in [0.5, 0.6) is 11.5 Å². The number of nitrogens with zero attached hydrogens (tertiary/aromatic N) is 1. The van der Waals surface area contributed by atoms with Crippen LogP contribution in [0.2, 0.25) is 0 Å². The van der Waals surface area contributed by atoms with E-state index in [4.69, 9.17) is 9.15 Å². The third-order valence-corrected chi connectivity index (χ3v) is 3.35. The highest BCUT2D eigenvalue weighted by molar-refractivity contribution is 5.91. The summed E-state index contributed by atoms with van der Waals surface area (Å²) in [7, 11) is 0. The zero-order valence-corrected chi connectivity index (χ0v) is 13.1. The molecule has 8 heteroatoms. The van der Waals surface area contributed by atoms with Crippen LogP contribution in [0.4, 0.5) is 10.5 Å². The minimum Gasteiger partial charge on any atom is -0.506 e. The minimum atomic E-state index is -0.748. The molecule has 1 aromatic carbocycles. The van der Waals surface area contributed by atoms with Crippen molar-refractivity contribution in [3.05, 3.63) is 46.8 Å². The summed E-state index contributed by atoms with van der Waals surface area (Å²) in [5, 5.41) is 22.2. The molecule has 3 aromatic rings. The van der Waals surface area contributed by atoms with Gasteiger partial charge in [-0.2, -0.15) is 0 Å². The number of phenols is 1. The molecule has 2 heterocycles. The molecule has 0 fully saturated rings. The van der Waals surface area contributed by atoms with Gasteiger partial charge in [0.25, 0.3) is 0 Å². The van der Waals surface area contributed by atoms with Crippen molar-refractivity contribution in [3.63, 3.8) is 0 Å². The smallest absolute Gasteiger partial charge is 0.411 e. The normalized spacial score (nSPS) is 10.6. The summed E-state index contributed by atoms with van der Waals surface area (Å²) in [6.07, 6.45) is 0.392. The molecule has 1 amide bonds. The molecule has 25 heavy (non-hydrogen) atoms. The average molecular weight is 342 g/mol. The SMILES string of the molecule is CCOC(=O)Nc1cc(O)cnc1-c1cc(=O)c2cccc(O)c2o1. The van der Waals surface area contributed by atoms with Gasteiger partial charge in [0.15, 0.2) is 22.5 Å². The fourth-order valence-electron chi connectivity index (χ4n) is 2.30. The van der Waals surface area contributed by atoms with Crippen molar-refractivity contribution in [3.8, 4) is 23.0 Å². The van der Waals surface area contributed by atoms with Gasteiger partial charge in [-0.15, -0.1) is 0 Å². The first-order chi connectivity index (χ1) is 12.0. The second-order valence-corrected chi connectivity index (χ2v) is 5.06. The van der Waals surface area contributed by atoms with Crippen molar-refractivity contribution < 1.29 is 24.2 Å². The van der Waals surface area contributed by atoms with Crippen LogP contribution in [-0.2, 0) is 4.74 Å². The lowest BCUT2D eigenvalue weighted by molar-refractivity contribution is 0.168. The van der Waals surface area contributed by atoms with Crippen molar-refractivity contribution in [2.45, 2.75) is 6.92 Å². The summed E-state index contributed by atoms with van der Waals surface area (Å²) < 4.78 is 10.4. The lowest BCUT2D eigenvalue weighted by Crippen LogP contribution is -2.14. The number of aromatic hydroxyl groups is 2. The van der Waals surface area contributed by atoms with Gasteiger partial charge in [0.2, 0.25) is 0 Å². The molecule has 8 nitrogen and oxygen atoms in total. The standard InChI is InChI=1S/C17H14N2O6/c1-2-24-17(23)19-11-6-9(20)8-18-15(11)14-7-13(22)10-4-3-5-12(21)16(10)25-14/h3-8,20-21H,2H2,1H3,(H,19,23). The first-order valence-electron chi connectivity index (χ1n) is 7.38. The lowest BCUT2D eigenvalue weighted by atomic mass is 10.1. The van der Waals surface area contributed by atoms with E-state index in [0.717, 1.165) is 6.20 Å². The van der Waals surface area contributed by atoms with Crippen LogP contribution >= 0.6 is 0 Å². The number of nitrogens with one attached hydrogen (secondary N) is 1. The summed E-state index contributed by atoms with van der Waals surface area (Å²) >= 11 is 0.